The molecule has 0 unspecified atom stereocenters. The number of hydrogen-bond donors (Lipinski definition) is 0. The summed E-state index contributed by atoms with van der Waals surface area (Å²) in [5.41, 5.74) is 1.07. The summed E-state index contributed by atoms with van der Waals surface area (Å²) in [6, 6.07) is 20.5. The Morgan fingerprint density at radius 3 is 2.19 bits per heavy atom. The molecule has 3 rings (SSSR count). The van der Waals surface area contributed by atoms with Gasteiger partial charge < -0.3 is 14.4 Å². The molecule has 0 heterocycles. The van der Waals surface area contributed by atoms with Gasteiger partial charge >= 0.3 is 5.97 Å². The van der Waals surface area contributed by atoms with Crippen LogP contribution in [0.4, 0.5) is 5.69 Å². The lowest BCUT2D eigenvalue weighted by Crippen LogP contribution is -2.34. The van der Waals surface area contributed by atoms with Gasteiger partial charge in [0.05, 0.1) is 7.11 Å². The summed E-state index contributed by atoms with van der Waals surface area (Å²) in [4.78, 5) is 26.6. The summed E-state index contributed by atoms with van der Waals surface area (Å²) in [6.45, 7) is 2.02. The number of likely N-dealkylation sites (N-methyl/N-ethyl adjacent to an activating group) is 1. The average molecular weight is 363 g/mol. The van der Waals surface area contributed by atoms with Crippen molar-refractivity contribution >= 4 is 28.3 Å². The fourth-order valence-corrected chi connectivity index (χ4v) is 2.94. The van der Waals surface area contributed by atoms with Gasteiger partial charge in [0, 0.05) is 12.2 Å². The highest BCUT2D eigenvalue weighted by Gasteiger charge is 2.19. The zero-order valence-corrected chi connectivity index (χ0v) is 15.3. The van der Waals surface area contributed by atoms with Crippen LogP contribution in [0.5, 0.6) is 5.75 Å². The summed E-state index contributed by atoms with van der Waals surface area (Å²) in [5, 5.41) is 1.86. The van der Waals surface area contributed by atoms with Gasteiger partial charge in [0.15, 0.2) is 6.61 Å². The Balaban J connectivity index is 1.75. The lowest BCUT2D eigenvalue weighted by atomic mass is 10.1. The molecule has 1 amide bonds. The third kappa shape index (κ3) is 4.08. The van der Waals surface area contributed by atoms with Crippen LogP contribution in [-0.2, 0) is 9.53 Å². The molecule has 27 heavy (non-hydrogen) atoms. The highest BCUT2D eigenvalue weighted by atomic mass is 16.5. The van der Waals surface area contributed by atoms with Crippen LogP contribution < -0.4 is 9.64 Å². The molecule has 0 aliphatic rings. The molecule has 138 valence electrons. The average Bonchev–Trinajstić information content (AvgIpc) is 2.72. The largest absolute Gasteiger partial charge is 0.496 e. The number of nitrogens with zero attached hydrogens (tertiary/aromatic N) is 1. The first kappa shape index (κ1) is 18.5. The summed E-state index contributed by atoms with van der Waals surface area (Å²) in [7, 11) is 1.50. The molecule has 5 nitrogen and oxygen atoms in total. The summed E-state index contributed by atoms with van der Waals surface area (Å²) < 4.78 is 10.6. The Labute approximate surface area is 158 Å². The van der Waals surface area contributed by atoms with Crippen molar-refractivity contribution < 1.29 is 19.1 Å². The Morgan fingerprint density at radius 1 is 0.926 bits per heavy atom. The van der Waals surface area contributed by atoms with Crippen molar-refractivity contribution in [2.24, 2.45) is 0 Å². The van der Waals surface area contributed by atoms with Crippen LogP contribution >= 0.6 is 0 Å². The topological polar surface area (TPSA) is 55.8 Å². The molecule has 3 aromatic carbocycles. The number of fused-ring (bicyclic) bond motifs is 1. The van der Waals surface area contributed by atoms with E-state index < -0.39 is 5.97 Å². The molecule has 0 aliphatic carbocycles. The second kappa shape index (κ2) is 8.36. The van der Waals surface area contributed by atoms with Crippen LogP contribution in [0, 0.1) is 0 Å². The second-order valence-corrected chi connectivity index (χ2v) is 5.95. The smallest absolute Gasteiger partial charge is 0.342 e. The number of anilines is 1. The van der Waals surface area contributed by atoms with Crippen molar-refractivity contribution in [3.63, 3.8) is 0 Å². The van der Waals surface area contributed by atoms with Gasteiger partial charge in [-0.25, -0.2) is 4.79 Å². The molecule has 0 spiro atoms. The first-order chi connectivity index (χ1) is 13.1. The molecule has 0 N–H and O–H groups in total. The van der Waals surface area contributed by atoms with E-state index in [1.54, 1.807) is 17.0 Å². The van der Waals surface area contributed by atoms with Gasteiger partial charge in [0.1, 0.15) is 11.3 Å². The van der Waals surface area contributed by atoms with E-state index in [-0.39, 0.29) is 12.5 Å². The number of rotatable bonds is 6. The Kier molecular flexibility index (Phi) is 5.71. The monoisotopic (exact) mass is 363 g/mol. The van der Waals surface area contributed by atoms with Crippen LogP contribution in [0.1, 0.15) is 17.3 Å². The van der Waals surface area contributed by atoms with E-state index in [0.29, 0.717) is 17.9 Å². The van der Waals surface area contributed by atoms with Gasteiger partial charge in [-0.3, -0.25) is 4.79 Å². The van der Waals surface area contributed by atoms with Crippen molar-refractivity contribution in [2.45, 2.75) is 6.92 Å². The molecular weight excluding hydrogens is 342 g/mol. The van der Waals surface area contributed by atoms with Crippen LogP contribution in [0.25, 0.3) is 10.8 Å². The van der Waals surface area contributed by atoms with Crippen molar-refractivity contribution in [2.75, 3.05) is 25.2 Å². The zero-order valence-electron chi connectivity index (χ0n) is 15.3. The SMILES string of the molecule is CCN(C(=O)COC(=O)c1cc2ccccc2cc1OC)c1ccccc1. The molecule has 0 saturated carbocycles. The highest BCUT2D eigenvalue weighted by molar-refractivity contribution is 6.01. The van der Waals surface area contributed by atoms with E-state index in [1.165, 1.54) is 7.11 Å². The summed E-state index contributed by atoms with van der Waals surface area (Å²) >= 11 is 0. The number of methoxy groups -OCH3 is 1. The van der Waals surface area contributed by atoms with Gasteiger partial charge in [0.25, 0.3) is 5.91 Å². The number of esters is 1. The van der Waals surface area contributed by atoms with E-state index in [9.17, 15) is 9.59 Å². The standard InChI is InChI=1S/C22H21NO4/c1-3-23(18-11-5-4-6-12-18)21(24)15-27-22(25)19-13-16-9-7-8-10-17(16)14-20(19)26-2/h4-14H,3,15H2,1-2H3. The minimum Gasteiger partial charge on any atom is -0.496 e. The number of hydrogen-bond acceptors (Lipinski definition) is 4. The third-order valence-electron chi connectivity index (χ3n) is 4.30. The fourth-order valence-electron chi connectivity index (χ4n) is 2.94. The van der Waals surface area contributed by atoms with Gasteiger partial charge in [0.2, 0.25) is 0 Å². The van der Waals surface area contributed by atoms with E-state index in [0.717, 1.165) is 16.5 Å². The first-order valence-electron chi connectivity index (χ1n) is 8.73. The summed E-state index contributed by atoms with van der Waals surface area (Å²) in [5.74, 6) is -0.451. The number of benzene rings is 3. The minimum absolute atomic E-state index is 0.281. The Hall–Kier alpha value is -3.34. The maximum atomic E-state index is 12.5. The summed E-state index contributed by atoms with van der Waals surface area (Å²) in [6.07, 6.45) is 0. The number of ether oxygens (including phenoxy) is 2. The molecule has 0 atom stereocenters. The normalized spacial score (nSPS) is 10.4. The second-order valence-electron chi connectivity index (χ2n) is 5.95. The molecule has 5 heteroatoms. The maximum absolute atomic E-state index is 12.5. The molecule has 0 saturated heterocycles. The lowest BCUT2D eigenvalue weighted by molar-refractivity contribution is -0.121. The molecule has 0 radical (unpaired) electrons. The van der Waals surface area contributed by atoms with E-state index in [2.05, 4.69) is 0 Å². The molecule has 0 aromatic heterocycles. The van der Waals surface area contributed by atoms with Gasteiger partial charge in [-0.05, 0) is 42.0 Å². The van der Waals surface area contributed by atoms with Gasteiger partial charge in [-0.1, -0.05) is 42.5 Å². The van der Waals surface area contributed by atoms with Gasteiger partial charge in [-0.2, -0.15) is 0 Å². The van der Waals surface area contributed by atoms with Crippen molar-refractivity contribution in [1.82, 2.24) is 0 Å². The molecular formula is C22H21NO4. The Bertz CT molecular complexity index is 953. The van der Waals surface area contributed by atoms with E-state index >= 15 is 0 Å². The number of para-hydroxylation sites is 1. The molecule has 0 fully saturated rings. The Morgan fingerprint density at radius 2 is 1.56 bits per heavy atom. The van der Waals surface area contributed by atoms with Crippen molar-refractivity contribution in [3.8, 4) is 5.75 Å². The van der Waals surface area contributed by atoms with Crippen LogP contribution in [0.15, 0.2) is 66.7 Å². The number of carbonyl (C=O) groups excluding carboxylic acids is 2. The van der Waals surface area contributed by atoms with E-state index in [4.69, 9.17) is 9.47 Å². The molecule has 0 aliphatic heterocycles. The lowest BCUT2D eigenvalue weighted by Gasteiger charge is -2.21. The first-order valence-corrected chi connectivity index (χ1v) is 8.73. The quantitative estimate of drug-likeness (QED) is 0.620. The van der Waals surface area contributed by atoms with Crippen LogP contribution in [0.2, 0.25) is 0 Å². The van der Waals surface area contributed by atoms with Crippen LogP contribution in [-0.4, -0.2) is 32.1 Å². The number of amides is 1. The predicted molar refractivity (Wildman–Crippen MR) is 105 cm³/mol. The zero-order chi connectivity index (χ0) is 19.2. The van der Waals surface area contributed by atoms with Crippen LogP contribution in [0.3, 0.4) is 0 Å². The minimum atomic E-state index is -0.588. The molecule has 3 aromatic rings. The molecule has 0 bridgehead atoms. The third-order valence-corrected chi connectivity index (χ3v) is 4.30. The van der Waals surface area contributed by atoms with Crippen molar-refractivity contribution in [1.29, 1.82) is 0 Å². The highest BCUT2D eigenvalue weighted by Crippen LogP contribution is 2.26. The fraction of sp³-hybridized carbons (Fsp3) is 0.182. The van der Waals surface area contributed by atoms with Gasteiger partial charge in [-0.15, -0.1) is 0 Å². The number of carbonyl (C=O) groups is 2. The maximum Gasteiger partial charge on any atom is 0.342 e. The van der Waals surface area contributed by atoms with Crippen molar-refractivity contribution in [3.05, 3.63) is 72.3 Å². The predicted octanol–water partition coefficient (Wildman–Crippen LogP) is 4.06. The van der Waals surface area contributed by atoms with E-state index in [1.807, 2.05) is 61.5 Å².